The fourth-order valence-corrected chi connectivity index (χ4v) is 3.16. The van der Waals surface area contributed by atoms with E-state index >= 15 is 0 Å². The number of likely N-dealkylation sites (tertiary alicyclic amines) is 1. The number of ether oxygens (including phenoxy) is 2. The largest absolute Gasteiger partial charge is 0.493 e. The summed E-state index contributed by atoms with van der Waals surface area (Å²) in [5.74, 6) is 1.54. The summed E-state index contributed by atoms with van der Waals surface area (Å²) in [4.78, 5) is 2.49. The van der Waals surface area contributed by atoms with Crippen LogP contribution in [0.15, 0.2) is 16.6 Å². The molecule has 4 nitrogen and oxygen atoms in total. The zero-order valence-corrected chi connectivity index (χ0v) is 14.9. The Morgan fingerprint density at radius 2 is 1.76 bits per heavy atom. The second-order valence-corrected chi connectivity index (χ2v) is 6.74. The summed E-state index contributed by atoms with van der Waals surface area (Å²) in [6, 6.07) is 4.05. The molecule has 1 aliphatic rings. The SMILES string of the molecule is CNC1(C)CCN(Cc2cc(OC)c(OC)cc2Br)CC1. The van der Waals surface area contributed by atoms with Crippen LogP contribution in [0.1, 0.15) is 25.3 Å². The predicted molar refractivity (Wildman–Crippen MR) is 89.2 cm³/mol. The lowest BCUT2D eigenvalue weighted by Gasteiger charge is -2.39. The van der Waals surface area contributed by atoms with Gasteiger partial charge in [0.15, 0.2) is 11.5 Å². The minimum absolute atomic E-state index is 0.283. The third-order valence-corrected chi connectivity index (χ3v) is 5.25. The van der Waals surface area contributed by atoms with Crippen LogP contribution in [0.3, 0.4) is 0 Å². The zero-order chi connectivity index (χ0) is 15.5. The average Bonchev–Trinajstić information content (AvgIpc) is 2.51. The first-order valence-corrected chi connectivity index (χ1v) is 8.12. The van der Waals surface area contributed by atoms with Gasteiger partial charge in [-0.25, -0.2) is 0 Å². The summed E-state index contributed by atoms with van der Waals surface area (Å²) >= 11 is 3.64. The summed E-state index contributed by atoms with van der Waals surface area (Å²) in [7, 11) is 5.39. The van der Waals surface area contributed by atoms with E-state index in [0.29, 0.717) is 0 Å². The zero-order valence-electron chi connectivity index (χ0n) is 13.3. The highest BCUT2D eigenvalue weighted by molar-refractivity contribution is 9.10. The molecule has 1 aromatic rings. The molecular formula is C16H25BrN2O2. The first kappa shape index (κ1) is 16.6. The number of benzene rings is 1. The summed E-state index contributed by atoms with van der Waals surface area (Å²) in [5, 5.41) is 3.44. The van der Waals surface area contributed by atoms with E-state index < -0.39 is 0 Å². The number of methoxy groups -OCH3 is 2. The molecular weight excluding hydrogens is 332 g/mol. The standard InChI is InChI=1S/C16H25BrN2O2/c1-16(18-2)5-7-19(8-6-16)11-12-9-14(20-3)15(21-4)10-13(12)17/h9-10,18H,5-8,11H2,1-4H3. The Balaban J connectivity index is 2.07. The molecule has 1 aromatic carbocycles. The van der Waals surface area contributed by atoms with Crippen LogP contribution >= 0.6 is 15.9 Å². The maximum Gasteiger partial charge on any atom is 0.161 e. The fourth-order valence-electron chi connectivity index (χ4n) is 2.71. The Labute approximate surface area is 135 Å². The Morgan fingerprint density at radius 1 is 1.19 bits per heavy atom. The highest BCUT2D eigenvalue weighted by Gasteiger charge is 2.28. The Hall–Kier alpha value is -0.780. The third kappa shape index (κ3) is 3.90. The number of nitrogens with zero attached hydrogens (tertiary/aromatic N) is 1. The van der Waals surface area contributed by atoms with Gasteiger partial charge in [-0.2, -0.15) is 0 Å². The second-order valence-electron chi connectivity index (χ2n) is 5.89. The van der Waals surface area contributed by atoms with Crippen molar-refractivity contribution in [2.45, 2.75) is 31.8 Å². The summed E-state index contributed by atoms with van der Waals surface area (Å²) in [6.45, 7) is 5.45. The second kappa shape index (κ2) is 6.99. The molecule has 1 fully saturated rings. The Morgan fingerprint density at radius 3 is 2.29 bits per heavy atom. The quantitative estimate of drug-likeness (QED) is 0.878. The minimum atomic E-state index is 0.283. The molecule has 1 saturated heterocycles. The van der Waals surface area contributed by atoms with Crippen LogP contribution in [0, 0.1) is 0 Å². The van der Waals surface area contributed by atoms with Crippen LogP contribution in [0.25, 0.3) is 0 Å². The molecule has 0 radical (unpaired) electrons. The smallest absolute Gasteiger partial charge is 0.161 e. The average molecular weight is 357 g/mol. The molecule has 0 saturated carbocycles. The van der Waals surface area contributed by atoms with E-state index in [1.165, 1.54) is 18.4 Å². The maximum absolute atomic E-state index is 5.40. The molecule has 0 bridgehead atoms. The van der Waals surface area contributed by atoms with Gasteiger partial charge in [0.25, 0.3) is 0 Å². The fraction of sp³-hybridized carbons (Fsp3) is 0.625. The van der Waals surface area contributed by atoms with Gasteiger partial charge in [-0.15, -0.1) is 0 Å². The normalized spacial score (nSPS) is 18.5. The lowest BCUT2D eigenvalue weighted by molar-refractivity contribution is 0.146. The van der Waals surface area contributed by atoms with E-state index in [-0.39, 0.29) is 5.54 Å². The van der Waals surface area contributed by atoms with Gasteiger partial charge >= 0.3 is 0 Å². The maximum atomic E-state index is 5.40. The van der Waals surface area contributed by atoms with Gasteiger partial charge in [0.05, 0.1) is 14.2 Å². The lowest BCUT2D eigenvalue weighted by Crippen LogP contribution is -2.49. The van der Waals surface area contributed by atoms with E-state index in [4.69, 9.17) is 9.47 Å². The Bertz CT molecular complexity index is 485. The molecule has 1 aliphatic heterocycles. The van der Waals surface area contributed by atoms with Crippen molar-refractivity contribution in [1.82, 2.24) is 10.2 Å². The Kier molecular flexibility index (Phi) is 5.52. The molecule has 0 amide bonds. The molecule has 0 atom stereocenters. The molecule has 21 heavy (non-hydrogen) atoms. The first-order chi connectivity index (χ1) is 10.0. The molecule has 1 heterocycles. The number of hydrogen-bond acceptors (Lipinski definition) is 4. The van der Waals surface area contributed by atoms with E-state index in [0.717, 1.165) is 35.6 Å². The van der Waals surface area contributed by atoms with Crippen molar-refractivity contribution in [3.8, 4) is 11.5 Å². The summed E-state index contributed by atoms with van der Waals surface area (Å²) < 4.78 is 11.8. The van der Waals surface area contributed by atoms with Crippen molar-refractivity contribution < 1.29 is 9.47 Å². The van der Waals surface area contributed by atoms with Crippen LogP contribution in [0.4, 0.5) is 0 Å². The van der Waals surface area contributed by atoms with Crippen LogP contribution in [0.2, 0.25) is 0 Å². The topological polar surface area (TPSA) is 33.7 Å². The van der Waals surface area contributed by atoms with Gasteiger partial charge in [0.1, 0.15) is 0 Å². The molecule has 118 valence electrons. The highest BCUT2D eigenvalue weighted by atomic mass is 79.9. The van der Waals surface area contributed by atoms with Gasteiger partial charge in [0.2, 0.25) is 0 Å². The molecule has 0 unspecified atom stereocenters. The molecule has 0 aromatic heterocycles. The van der Waals surface area contributed by atoms with Gasteiger partial charge in [-0.05, 0) is 44.5 Å². The van der Waals surface area contributed by atoms with Crippen molar-refractivity contribution in [2.24, 2.45) is 0 Å². The van der Waals surface area contributed by atoms with Gasteiger partial charge in [-0.3, -0.25) is 4.90 Å². The van der Waals surface area contributed by atoms with E-state index in [1.54, 1.807) is 14.2 Å². The van der Waals surface area contributed by atoms with Crippen LogP contribution in [-0.2, 0) is 6.54 Å². The van der Waals surface area contributed by atoms with Gasteiger partial charge in [-0.1, -0.05) is 15.9 Å². The number of halogens is 1. The van der Waals surface area contributed by atoms with Gasteiger partial charge < -0.3 is 14.8 Å². The van der Waals surface area contributed by atoms with Crippen LogP contribution in [0.5, 0.6) is 11.5 Å². The number of hydrogen-bond donors (Lipinski definition) is 1. The minimum Gasteiger partial charge on any atom is -0.493 e. The van der Waals surface area contributed by atoms with Gasteiger partial charge in [0, 0.05) is 29.6 Å². The van der Waals surface area contributed by atoms with Crippen LogP contribution in [-0.4, -0.2) is 44.8 Å². The van der Waals surface area contributed by atoms with Crippen molar-refractivity contribution in [2.75, 3.05) is 34.4 Å². The molecule has 5 heteroatoms. The molecule has 0 spiro atoms. The molecule has 2 rings (SSSR count). The molecule has 0 aliphatic carbocycles. The summed E-state index contributed by atoms with van der Waals surface area (Å²) in [5.41, 5.74) is 1.52. The monoisotopic (exact) mass is 356 g/mol. The van der Waals surface area contributed by atoms with E-state index in [1.807, 2.05) is 6.07 Å². The first-order valence-electron chi connectivity index (χ1n) is 7.33. The van der Waals surface area contributed by atoms with Crippen molar-refractivity contribution >= 4 is 15.9 Å². The third-order valence-electron chi connectivity index (χ3n) is 4.51. The predicted octanol–water partition coefficient (Wildman–Crippen LogP) is 3.04. The van der Waals surface area contributed by atoms with E-state index in [2.05, 4.69) is 46.2 Å². The van der Waals surface area contributed by atoms with Crippen molar-refractivity contribution in [1.29, 1.82) is 0 Å². The number of nitrogens with one attached hydrogen (secondary N) is 1. The van der Waals surface area contributed by atoms with Crippen molar-refractivity contribution in [3.63, 3.8) is 0 Å². The number of rotatable bonds is 5. The lowest BCUT2D eigenvalue weighted by atomic mass is 9.90. The highest BCUT2D eigenvalue weighted by Crippen LogP contribution is 2.34. The van der Waals surface area contributed by atoms with Crippen molar-refractivity contribution in [3.05, 3.63) is 22.2 Å². The van der Waals surface area contributed by atoms with Crippen LogP contribution < -0.4 is 14.8 Å². The summed E-state index contributed by atoms with van der Waals surface area (Å²) in [6.07, 6.45) is 2.35. The number of piperidine rings is 1. The van der Waals surface area contributed by atoms with E-state index in [9.17, 15) is 0 Å². The molecule has 1 N–H and O–H groups in total.